The molecule has 0 aromatic heterocycles. The quantitative estimate of drug-likeness (QED) is 0.0747. The summed E-state index contributed by atoms with van der Waals surface area (Å²) in [7, 11) is -3.94. The minimum absolute atomic E-state index is 0.0191. The van der Waals surface area contributed by atoms with Crippen LogP contribution in [0.25, 0.3) is 0 Å². The Bertz CT molecular complexity index is 1830. The van der Waals surface area contributed by atoms with Crippen molar-refractivity contribution in [1.82, 2.24) is 0 Å². The number of carboxylic acids is 1. The highest BCUT2D eigenvalue weighted by molar-refractivity contribution is 7.91. The number of amides is 1. The molecule has 0 aliphatic carbocycles. The number of nitrogens with one attached hydrogen (secondary N) is 2. The van der Waals surface area contributed by atoms with E-state index in [0.717, 1.165) is 24.3 Å². The van der Waals surface area contributed by atoms with Gasteiger partial charge in [0.15, 0.2) is 12.0 Å². The molecule has 0 aliphatic rings. The molecule has 226 valence electrons. The zero-order chi connectivity index (χ0) is 32.0. The Labute approximate surface area is 261 Å². The second kappa shape index (κ2) is 13.5. The van der Waals surface area contributed by atoms with Crippen molar-refractivity contribution in [1.29, 1.82) is 0 Å². The van der Waals surface area contributed by atoms with Gasteiger partial charge in [0.2, 0.25) is 9.84 Å². The number of halogens is 2. The normalized spacial score (nSPS) is 12.3. The summed E-state index contributed by atoms with van der Waals surface area (Å²) in [5, 5.41) is 26.4. The van der Waals surface area contributed by atoms with E-state index in [2.05, 4.69) is 15.6 Å². The van der Waals surface area contributed by atoms with Crippen molar-refractivity contribution in [3.05, 3.63) is 122 Å². The molecule has 0 aliphatic heterocycles. The van der Waals surface area contributed by atoms with Crippen LogP contribution in [0.15, 0.2) is 106 Å². The zero-order valence-corrected chi connectivity index (χ0v) is 24.8. The number of carboxylic acid groups (broad SMARTS) is 1. The lowest BCUT2D eigenvalue weighted by molar-refractivity contribution is -0.384. The summed E-state index contributed by atoms with van der Waals surface area (Å²) < 4.78 is 25.7. The van der Waals surface area contributed by atoms with E-state index in [1.165, 1.54) is 24.3 Å². The van der Waals surface area contributed by atoms with Crippen LogP contribution in [0.4, 0.5) is 17.1 Å². The molecule has 0 fully saturated rings. The number of nitro groups is 1. The molecule has 5 N–H and O–H groups in total. The van der Waals surface area contributed by atoms with Crippen molar-refractivity contribution in [2.75, 3.05) is 10.6 Å². The van der Waals surface area contributed by atoms with Crippen molar-refractivity contribution in [3.63, 3.8) is 0 Å². The van der Waals surface area contributed by atoms with Crippen LogP contribution >= 0.6 is 23.2 Å². The number of carbonyl (C=O) groups excluding carboxylic acids is 1. The summed E-state index contributed by atoms with van der Waals surface area (Å²) in [4.78, 5) is 38.6. The molecule has 0 saturated carbocycles. The van der Waals surface area contributed by atoms with Gasteiger partial charge in [0.1, 0.15) is 0 Å². The third-order valence-electron chi connectivity index (χ3n) is 6.21. The monoisotopic (exact) mass is 655 g/mol. The predicted molar refractivity (Wildman–Crippen MR) is 166 cm³/mol. The van der Waals surface area contributed by atoms with Crippen LogP contribution < -0.4 is 16.4 Å². The van der Waals surface area contributed by atoms with E-state index < -0.39 is 32.7 Å². The number of anilines is 2. The van der Waals surface area contributed by atoms with Crippen LogP contribution in [-0.4, -0.2) is 42.3 Å². The number of aliphatic carboxylic acids is 1. The first-order valence-electron chi connectivity index (χ1n) is 12.6. The fourth-order valence-corrected chi connectivity index (χ4v) is 5.82. The lowest BCUT2D eigenvalue weighted by Crippen LogP contribution is -2.29. The Morgan fingerprint density at radius 2 is 1.36 bits per heavy atom. The zero-order valence-electron chi connectivity index (χ0n) is 22.5. The smallest absolute Gasteiger partial charge is 0.328 e. The second-order valence-electron chi connectivity index (χ2n) is 9.22. The first kappa shape index (κ1) is 31.9. The van der Waals surface area contributed by atoms with Gasteiger partial charge in [-0.25, -0.2) is 18.2 Å². The van der Waals surface area contributed by atoms with Crippen LogP contribution in [0, 0.1) is 10.1 Å². The third kappa shape index (κ3) is 7.69. The summed E-state index contributed by atoms with van der Waals surface area (Å²) in [5.74, 6) is -1.95. The lowest BCUT2D eigenvalue weighted by Gasteiger charge is -2.12. The van der Waals surface area contributed by atoms with Gasteiger partial charge in [-0.2, -0.15) is 0 Å². The van der Waals surface area contributed by atoms with E-state index in [9.17, 15) is 33.2 Å². The van der Waals surface area contributed by atoms with Gasteiger partial charge in [-0.1, -0.05) is 41.4 Å². The fourth-order valence-electron chi connectivity index (χ4n) is 3.99. The number of benzene rings is 4. The van der Waals surface area contributed by atoms with Crippen molar-refractivity contribution in [3.8, 4) is 0 Å². The fraction of sp³-hybridized carbons (Fsp3) is 0.0690. The number of guanidine groups is 1. The van der Waals surface area contributed by atoms with Crippen LogP contribution in [0.5, 0.6) is 0 Å². The van der Waals surface area contributed by atoms with E-state index in [1.54, 1.807) is 42.5 Å². The summed E-state index contributed by atoms with van der Waals surface area (Å²) in [5.41, 5.74) is 7.21. The van der Waals surface area contributed by atoms with Gasteiger partial charge < -0.3 is 21.5 Å². The number of nitrogens with zero attached hydrogens (tertiary/aromatic N) is 2. The van der Waals surface area contributed by atoms with Gasteiger partial charge >= 0.3 is 5.97 Å². The molecular weight excluding hydrogens is 633 g/mol. The van der Waals surface area contributed by atoms with Gasteiger partial charge in [-0.3, -0.25) is 14.9 Å². The number of hydrogen-bond donors (Lipinski definition) is 4. The van der Waals surface area contributed by atoms with E-state index in [0.29, 0.717) is 16.9 Å². The molecule has 1 amide bonds. The summed E-state index contributed by atoms with van der Waals surface area (Å²) in [6.45, 7) is 0. The molecule has 0 unspecified atom stereocenters. The maximum absolute atomic E-state index is 12.9. The third-order valence-corrected chi connectivity index (χ3v) is 8.62. The molecule has 44 heavy (non-hydrogen) atoms. The SMILES string of the molecule is NC(=N[C@@H](Cc1ccc(NC(=O)c2c(Cl)cccc2Cl)cc1)C(=O)O)Nc1ccc(S(=O)(=O)c2ccc([N+](=O)[O-])cc2)cc1. The number of rotatable bonds is 10. The molecule has 0 bridgehead atoms. The average molecular weight is 657 g/mol. The van der Waals surface area contributed by atoms with Crippen molar-refractivity contribution in [2.45, 2.75) is 22.3 Å². The molecule has 4 aromatic carbocycles. The molecule has 4 rings (SSSR count). The minimum atomic E-state index is -3.94. The van der Waals surface area contributed by atoms with Crippen molar-refractivity contribution in [2.24, 2.45) is 10.7 Å². The van der Waals surface area contributed by atoms with Gasteiger partial charge in [-0.15, -0.1) is 0 Å². The maximum atomic E-state index is 12.9. The van der Waals surface area contributed by atoms with Crippen LogP contribution in [0.2, 0.25) is 10.0 Å². The molecule has 0 heterocycles. The Kier molecular flexibility index (Phi) is 9.83. The highest BCUT2D eigenvalue weighted by Gasteiger charge is 2.20. The minimum Gasteiger partial charge on any atom is -0.480 e. The molecule has 4 aromatic rings. The molecule has 0 radical (unpaired) electrons. The Hall–Kier alpha value is -4.98. The van der Waals surface area contributed by atoms with E-state index in [1.807, 2.05) is 0 Å². The molecule has 15 heteroatoms. The van der Waals surface area contributed by atoms with Crippen molar-refractivity contribution >= 4 is 67.9 Å². The molecular formula is C29H23Cl2N5O7S. The number of sulfone groups is 1. The van der Waals surface area contributed by atoms with Crippen LogP contribution in [-0.2, 0) is 21.1 Å². The number of aliphatic imine (C=N–C) groups is 1. The number of nitro benzene ring substituents is 1. The summed E-state index contributed by atoms with van der Waals surface area (Å²) in [6, 6.07) is 19.8. The van der Waals surface area contributed by atoms with Gasteiger partial charge in [0.05, 0.1) is 30.3 Å². The summed E-state index contributed by atoms with van der Waals surface area (Å²) in [6.07, 6.45) is -0.0191. The Morgan fingerprint density at radius 1 is 0.864 bits per heavy atom. The lowest BCUT2D eigenvalue weighted by atomic mass is 10.1. The molecule has 0 saturated heterocycles. The van der Waals surface area contributed by atoms with Crippen molar-refractivity contribution < 1.29 is 28.0 Å². The highest BCUT2D eigenvalue weighted by Crippen LogP contribution is 2.26. The van der Waals surface area contributed by atoms with E-state index in [-0.39, 0.29) is 43.5 Å². The number of nitrogens with two attached hydrogens (primary N) is 1. The average Bonchev–Trinajstić information content (AvgIpc) is 2.98. The maximum Gasteiger partial charge on any atom is 0.328 e. The standard InChI is InChI=1S/C29H23Cl2N5O7S/c30-23-2-1-3-24(31)26(23)27(37)33-18-6-4-17(5-7-18)16-25(28(38)39)35-29(32)34-19-8-12-21(13-9-19)44(42,43)22-14-10-20(11-15-22)36(40)41/h1-15,25H,16H2,(H,33,37)(H,38,39)(H3,32,34,35)/t25-/m0/s1. The van der Waals surface area contributed by atoms with E-state index in [4.69, 9.17) is 28.9 Å². The Balaban J connectivity index is 1.40. The van der Waals surface area contributed by atoms with Crippen LogP contribution in [0.1, 0.15) is 15.9 Å². The second-order valence-corrected chi connectivity index (χ2v) is 12.0. The number of carbonyl (C=O) groups is 2. The van der Waals surface area contributed by atoms with Gasteiger partial charge in [0.25, 0.3) is 11.6 Å². The van der Waals surface area contributed by atoms with E-state index >= 15 is 0 Å². The first-order chi connectivity index (χ1) is 20.8. The van der Waals surface area contributed by atoms with Gasteiger partial charge in [-0.05, 0) is 66.2 Å². The van der Waals surface area contributed by atoms with Crippen LogP contribution in [0.3, 0.4) is 0 Å². The first-order valence-corrected chi connectivity index (χ1v) is 14.9. The number of non-ortho nitro benzene ring substituents is 1. The molecule has 0 spiro atoms. The molecule has 12 nitrogen and oxygen atoms in total. The molecule has 1 atom stereocenters. The Morgan fingerprint density at radius 3 is 1.89 bits per heavy atom. The largest absolute Gasteiger partial charge is 0.480 e. The topological polar surface area (TPSA) is 194 Å². The van der Waals surface area contributed by atoms with Gasteiger partial charge in [0, 0.05) is 29.9 Å². The number of hydrogen-bond acceptors (Lipinski definition) is 7. The predicted octanol–water partition coefficient (Wildman–Crippen LogP) is 5.41. The summed E-state index contributed by atoms with van der Waals surface area (Å²) >= 11 is 12.2. The highest BCUT2D eigenvalue weighted by atomic mass is 35.5.